The molecule has 57 heavy (non-hydrogen) atoms. The van der Waals surface area contributed by atoms with Gasteiger partial charge in [0.05, 0.1) is 16.7 Å². The standard InChI is InChI=1S/C51H30N4O2/c1-3-13-31(14-4-1)32-23-25-34(26-24-32)50-52-49(33-15-5-2-6-16-33)53-51(54-50)38-27-28-42(48-47(38)37-19-9-12-22-45(37)57-48)55-41-20-10-7-17-35(41)39-29-40-36-18-8-11-21-44(36)56-46(40)30-43(39)55/h1-30H. The SMILES string of the molecule is c1ccc(-c2ccc(-c3nc(-c4ccccc4)nc(-c4ccc(-n5c6ccccc6c6cc7c(cc65)oc5ccccc57)c5oc6ccccc6c45)n3)cc2)cc1. The lowest BCUT2D eigenvalue weighted by molar-refractivity contribution is 0.665. The fraction of sp³-hybridized carbons (Fsp3) is 0. The van der Waals surface area contributed by atoms with Crippen molar-refractivity contribution in [2.75, 3.05) is 0 Å². The molecule has 4 aromatic heterocycles. The van der Waals surface area contributed by atoms with Crippen LogP contribution in [-0.2, 0) is 0 Å². The highest BCUT2D eigenvalue weighted by Gasteiger charge is 2.23. The minimum atomic E-state index is 0.570. The third-order valence-electron chi connectivity index (χ3n) is 11.1. The van der Waals surface area contributed by atoms with E-state index in [-0.39, 0.29) is 0 Å². The summed E-state index contributed by atoms with van der Waals surface area (Å²) in [5.41, 5.74) is 11.2. The van der Waals surface area contributed by atoms with Crippen LogP contribution in [0, 0.1) is 0 Å². The van der Waals surface area contributed by atoms with Crippen LogP contribution in [0.2, 0.25) is 0 Å². The van der Waals surface area contributed by atoms with Crippen LogP contribution < -0.4 is 0 Å². The first-order chi connectivity index (χ1) is 28.2. The zero-order valence-electron chi connectivity index (χ0n) is 30.4. The minimum absolute atomic E-state index is 0.570. The van der Waals surface area contributed by atoms with Gasteiger partial charge in [0, 0.05) is 55.1 Å². The summed E-state index contributed by atoms with van der Waals surface area (Å²) in [7, 11) is 0. The Morgan fingerprint density at radius 2 is 0.912 bits per heavy atom. The highest BCUT2D eigenvalue weighted by Crippen LogP contribution is 2.43. The molecule has 0 bridgehead atoms. The molecule has 0 spiro atoms. The lowest BCUT2D eigenvalue weighted by Gasteiger charge is -2.12. The van der Waals surface area contributed by atoms with E-state index in [0.717, 1.165) is 99.2 Å². The smallest absolute Gasteiger partial charge is 0.164 e. The van der Waals surface area contributed by atoms with Gasteiger partial charge in [-0.3, -0.25) is 0 Å². The molecule has 266 valence electrons. The fourth-order valence-electron chi connectivity index (χ4n) is 8.41. The second kappa shape index (κ2) is 12.3. The monoisotopic (exact) mass is 730 g/mol. The van der Waals surface area contributed by atoms with E-state index in [1.807, 2.05) is 60.7 Å². The molecular formula is C51H30N4O2. The Kier molecular flexibility index (Phi) is 6.83. The molecule has 0 N–H and O–H groups in total. The second-order valence-electron chi connectivity index (χ2n) is 14.4. The summed E-state index contributed by atoms with van der Waals surface area (Å²) in [6.07, 6.45) is 0. The van der Waals surface area contributed by atoms with Crippen LogP contribution >= 0.6 is 0 Å². The van der Waals surface area contributed by atoms with E-state index in [1.54, 1.807) is 0 Å². The second-order valence-corrected chi connectivity index (χ2v) is 14.4. The number of aromatic nitrogens is 4. The van der Waals surface area contributed by atoms with Crippen molar-refractivity contribution in [1.29, 1.82) is 0 Å². The number of hydrogen-bond acceptors (Lipinski definition) is 5. The number of para-hydroxylation sites is 3. The predicted octanol–water partition coefficient (Wildman–Crippen LogP) is 13.4. The summed E-state index contributed by atoms with van der Waals surface area (Å²) in [6.45, 7) is 0. The third-order valence-corrected chi connectivity index (χ3v) is 11.1. The topological polar surface area (TPSA) is 69.9 Å². The van der Waals surface area contributed by atoms with Crippen molar-refractivity contribution in [3.63, 3.8) is 0 Å². The van der Waals surface area contributed by atoms with Gasteiger partial charge in [0.15, 0.2) is 23.1 Å². The van der Waals surface area contributed by atoms with Gasteiger partial charge in [0.25, 0.3) is 0 Å². The average Bonchev–Trinajstić information content (AvgIpc) is 3.95. The van der Waals surface area contributed by atoms with Crippen molar-refractivity contribution >= 4 is 65.7 Å². The Morgan fingerprint density at radius 3 is 1.67 bits per heavy atom. The molecule has 6 nitrogen and oxygen atoms in total. The maximum absolute atomic E-state index is 6.87. The van der Waals surface area contributed by atoms with Gasteiger partial charge in [0.1, 0.15) is 16.7 Å². The minimum Gasteiger partial charge on any atom is -0.456 e. The zero-order chi connectivity index (χ0) is 37.5. The summed E-state index contributed by atoms with van der Waals surface area (Å²) in [5.74, 6) is 1.77. The Morgan fingerprint density at radius 1 is 0.351 bits per heavy atom. The Balaban J connectivity index is 1.11. The van der Waals surface area contributed by atoms with Crippen molar-refractivity contribution in [3.8, 4) is 51.0 Å². The van der Waals surface area contributed by atoms with Crippen LogP contribution in [0.3, 0.4) is 0 Å². The van der Waals surface area contributed by atoms with E-state index >= 15 is 0 Å². The van der Waals surface area contributed by atoms with Crippen LogP contribution in [0.1, 0.15) is 0 Å². The van der Waals surface area contributed by atoms with E-state index in [0.29, 0.717) is 17.5 Å². The van der Waals surface area contributed by atoms with E-state index < -0.39 is 0 Å². The Bertz CT molecular complexity index is 3510. The van der Waals surface area contributed by atoms with Crippen molar-refractivity contribution in [3.05, 3.63) is 182 Å². The molecule has 0 aliphatic rings. The predicted molar refractivity (Wildman–Crippen MR) is 230 cm³/mol. The normalized spacial score (nSPS) is 11.9. The molecule has 8 aromatic carbocycles. The van der Waals surface area contributed by atoms with Crippen LogP contribution in [0.25, 0.3) is 117 Å². The van der Waals surface area contributed by atoms with Gasteiger partial charge in [-0.05, 0) is 47.5 Å². The molecule has 0 atom stereocenters. The fourth-order valence-corrected chi connectivity index (χ4v) is 8.41. The number of rotatable bonds is 5. The molecule has 12 rings (SSSR count). The number of furan rings is 2. The Hall–Kier alpha value is -7.83. The molecule has 6 heteroatoms. The first-order valence-electron chi connectivity index (χ1n) is 19.0. The quantitative estimate of drug-likeness (QED) is 0.176. The van der Waals surface area contributed by atoms with Gasteiger partial charge in [-0.1, -0.05) is 140 Å². The van der Waals surface area contributed by atoms with Crippen molar-refractivity contribution in [1.82, 2.24) is 19.5 Å². The lowest BCUT2D eigenvalue weighted by Crippen LogP contribution is -2.01. The molecule has 0 amide bonds. The van der Waals surface area contributed by atoms with E-state index in [9.17, 15) is 0 Å². The van der Waals surface area contributed by atoms with Crippen molar-refractivity contribution in [2.24, 2.45) is 0 Å². The number of hydrogen-bond donors (Lipinski definition) is 0. The molecule has 4 heterocycles. The van der Waals surface area contributed by atoms with E-state index in [1.165, 1.54) is 0 Å². The van der Waals surface area contributed by atoms with Gasteiger partial charge in [-0.2, -0.15) is 0 Å². The van der Waals surface area contributed by atoms with Crippen LogP contribution in [0.4, 0.5) is 0 Å². The summed E-state index contributed by atoms with van der Waals surface area (Å²) in [4.78, 5) is 15.4. The summed E-state index contributed by atoms with van der Waals surface area (Å²) >= 11 is 0. The molecule has 0 saturated carbocycles. The van der Waals surface area contributed by atoms with Crippen LogP contribution in [0.15, 0.2) is 191 Å². The molecule has 0 aliphatic carbocycles. The van der Waals surface area contributed by atoms with Crippen molar-refractivity contribution in [2.45, 2.75) is 0 Å². The van der Waals surface area contributed by atoms with Crippen LogP contribution in [0.5, 0.6) is 0 Å². The molecule has 0 unspecified atom stereocenters. The maximum Gasteiger partial charge on any atom is 0.164 e. The molecule has 0 saturated heterocycles. The van der Waals surface area contributed by atoms with Gasteiger partial charge >= 0.3 is 0 Å². The van der Waals surface area contributed by atoms with E-state index in [4.69, 9.17) is 23.8 Å². The van der Waals surface area contributed by atoms with Gasteiger partial charge in [-0.15, -0.1) is 0 Å². The summed E-state index contributed by atoms with van der Waals surface area (Å²) < 4.78 is 15.6. The molecular weight excluding hydrogens is 701 g/mol. The highest BCUT2D eigenvalue weighted by atomic mass is 16.3. The summed E-state index contributed by atoms with van der Waals surface area (Å²) in [6, 6.07) is 62.6. The first kappa shape index (κ1) is 31.5. The maximum atomic E-state index is 6.87. The van der Waals surface area contributed by atoms with Crippen molar-refractivity contribution < 1.29 is 8.83 Å². The molecule has 0 fully saturated rings. The third kappa shape index (κ3) is 4.94. The van der Waals surface area contributed by atoms with Crippen LogP contribution in [-0.4, -0.2) is 19.5 Å². The largest absolute Gasteiger partial charge is 0.456 e. The number of benzene rings is 8. The molecule has 12 aromatic rings. The first-order valence-corrected chi connectivity index (χ1v) is 19.0. The van der Waals surface area contributed by atoms with Gasteiger partial charge in [0.2, 0.25) is 0 Å². The number of nitrogens with zero attached hydrogens (tertiary/aromatic N) is 4. The average molecular weight is 731 g/mol. The van der Waals surface area contributed by atoms with Gasteiger partial charge in [-0.25, -0.2) is 15.0 Å². The summed E-state index contributed by atoms with van der Waals surface area (Å²) in [5, 5.41) is 6.43. The molecule has 0 radical (unpaired) electrons. The number of fused-ring (bicyclic) bond motifs is 9. The van der Waals surface area contributed by atoms with Gasteiger partial charge < -0.3 is 13.4 Å². The zero-order valence-corrected chi connectivity index (χ0v) is 30.4. The molecule has 0 aliphatic heterocycles. The lowest BCUT2D eigenvalue weighted by atomic mass is 10.0. The highest BCUT2D eigenvalue weighted by molar-refractivity contribution is 6.19. The Labute approximate surface area is 325 Å². The van der Waals surface area contributed by atoms with E-state index in [2.05, 4.69) is 126 Å².